The summed E-state index contributed by atoms with van der Waals surface area (Å²) in [4.78, 5) is 23.2. The summed E-state index contributed by atoms with van der Waals surface area (Å²) in [5, 5.41) is 0. The molecule has 0 spiro atoms. The average Bonchev–Trinajstić information content (AvgIpc) is 2.90. The van der Waals surface area contributed by atoms with Crippen LogP contribution in [-0.2, 0) is 0 Å². The van der Waals surface area contributed by atoms with E-state index in [1.807, 2.05) is 19.1 Å². The van der Waals surface area contributed by atoms with Crippen molar-refractivity contribution in [3.8, 4) is 0 Å². The average molecular weight is 244 g/mol. The van der Waals surface area contributed by atoms with Crippen molar-refractivity contribution in [2.45, 2.75) is 6.92 Å². The molecule has 5 heteroatoms. The first-order valence-corrected chi connectivity index (χ1v) is 5.36. The first-order valence-electron chi connectivity index (χ1n) is 5.36. The maximum absolute atomic E-state index is 11.7. The number of carbonyl (C=O) groups excluding carboxylic acids is 2. The molecule has 0 bridgehead atoms. The Balaban J connectivity index is 1.92. The molecule has 5 nitrogen and oxygen atoms in total. The van der Waals surface area contributed by atoms with Crippen LogP contribution in [0, 0.1) is 6.92 Å². The molecule has 0 aliphatic carbocycles. The van der Waals surface area contributed by atoms with Crippen molar-refractivity contribution in [1.82, 2.24) is 10.9 Å². The Morgan fingerprint density at radius 2 is 1.56 bits per heavy atom. The van der Waals surface area contributed by atoms with Crippen molar-refractivity contribution < 1.29 is 14.0 Å². The summed E-state index contributed by atoms with van der Waals surface area (Å²) in [5.74, 6) is -0.795. The van der Waals surface area contributed by atoms with Gasteiger partial charge in [-0.15, -0.1) is 0 Å². The van der Waals surface area contributed by atoms with E-state index in [2.05, 4.69) is 10.9 Å². The third kappa shape index (κ3) is 2.76. The molecule has 0 saturated heterocycles. The highest BCUT2D eigenvalue weighted by atomic mass is 16.3. The van der Waals surface area contributed by atoms with E-state index in [1.54, 1.807) is 12.1 Å². The summed E-state index contributed by atoms with van der Waals surface area (Å²) in [6.45, 7) is 1.93. The summed E-state index contributed by atoms with van der Waals surface area (Å²) in [6.07, 6.45) is 2.68. The maximum Gasteiger partial charge on any atom is 0.272 e. The summed E-state index contributed by atoms with van der Waals surface area (Å²) in [5.41, 5.74) is 6.52. The summed E-state index contributed by atoms with van der Waals surface area (Å²) < 4.78 is 4.77. The molecule has 92 valence electrons. The molecule has 0 fully saturated rings. The van der Waals surface area contributed by atoms with Gasteiger partial charge in [0.15, 0.2) is 0 Å². The molecule has 1 heterocycles. The highest BCUT2D eigenvalue weighted by Gasteiger charge is 2.09. The largest absolute Gasteiger partial charge is 0.472 e. The Hall–Kier alpha value is -2.56. The van der Waals surface area contributed by atoms with Crippen LogP contribution in [-0.4, -0.2) is 11.8 Å². The van der Waals surface area contributed by atoms with Crippen LogP contribution in [0.3, 0.4) is 0 Å². The zero-order valence-corrected chi connectivity index (χ0v) is 9.77. The SMILES string of the molecule is Cc1ccc(C(=O)NNC(=O)c2ccoc2)cc1. The standard InChI is InChI=1S/C13H12N2O3/c1-9-2-4-10(5-3-9)12(16)14-15-13(17)11-6-7-18-8-11/h2-8H,1H3,(H,14,16)(H,15,17). The molecule has 1 aromatic heterocycles. The smallest absolute Gasteiger partial charge is 0.272 e. The van der Waals surface area contributed by atoms with Crippen molar-refractivity contribution >= 4 is 11.8 Å². The number of nitrogens with one attached hydrogen (secondary N) is 2. The molecule has 2 aromatic rings. The quantitative estimate of drug-likeness (QED) is 0.789. The summed E-state index contributed by atoms with van der Waals surface area (Å²) in [7, 11) is 0. The second kappa shape index (κ2) is 5.18. The number of rotatable bonds is 2. The van der Waals surface area contributed by atoms with Crippen molar-refractivity contribution in [2.24, 2.45) is 0 Å². The molecule has 0 radical (unpaired) electrons. The van der Waals surface area contributed by atoms with E-state index in [0.29, 0.717) is 11.1 Å². The predicted octanol–water partition coefficient (Wildman–Crippen LogP) is 1.66. The van der Waals surface area contributed by atoms with Crippen molar-refractivity contribution in [3.63, 3.8) is 0 Å². The third-order valence-corrected chi connectivity index (χ3v) is 2.39. The minimum atomic E-state index is -0.427. The fraction of sp³-hybridized carbons (Fsp3) is 0.0769. The molecular weight excluding hydrogens is 232 g/mol. The third-order valence-electron chi connectivity index (χ3n) is 2.39. The monoisotopic (exact) mass is 244 g/mol. The van der Waals surface area contributed by atoms with Crippen LogP contribution in [0.2, 0.25) is 0 Å². The lowest BCUT2D eigenvalue weighted by molar-refractivity contribution is 0.0846. The van der Waals surface area contributed by atoms with Crippen LogP contribution in [0.1, 0.15) is 26.3 Å². The second-order valence-corrected chi connectivity index (χ2v) is 3.79. The zero-order valence-electron chi connectivity index (χ0n) is 9.77. The lowest BCUT2D eigenvalue weighted by Crippen LogP contribution is -2.41. The number of aryl methyl sites for hydroxylation is 1. The number of benzene rings is 1. The molecular formula is C13H12N2O3. The van der Waals surface area contributed by atoms with E-state index < -0.39 is 5.91 Å². The Labute approximate surface area is 104 Å². The van der Waals surface area contributed by atoms with Gasteiger partial charge in [0.05, 0.1) is 11.8 Å². The van der Waals surface area contributed by atoms with Gasteiger partial charge in [-0.3, -0.25) is 20.4 Å². The van der Waals surface area contributed by atoms with Crippen LogP contribution in [0.4, 0.5) is 0 Å². The molecule has 2 amide bonds. The Kier molecular flexibility index (Phi) is 3.43. The maximum atomic E-state index is 11.7. The van der Waals surface area contributed by atoms with Crippen LogP contribution in [0.5, 0.6) is 0 Å². The number of hydrogen-bond donors (Lipinski definition) is 2. The highest BCUT2D eigenvalue weighted by molar-refractivity contribution is 5.98. The fourth-order valence-electron chi connectivity index (χ4n) is 1.36. The number of furan rings is 1. The van der Waals surface area contributed by atoms with Gasteiger partial charge >= 0.3 is 0 Å². The van der Waals surface area contributed by atoms with Crippen molar-refractivity contribution in [1.29, 1.82) is 0 Å². The van der Waals surface area contributed by atoms with Crippen molar-refractivity contribution in [2.75, 3.05) is 0 Å². The van der Waals surface area contributed by atoms with Gasteiger partial charge in [0.25, 0.3) is 11.8 Å². The second-order valence-electron chi connectivity index (χ2n) is 3.79. The van der Waals surface area contributed by atoms with Crippen LogP contribution >= 0.6 is 0 Å². The van der Waals surface area contributed by atoms with Crippen molar-refractivity contribution in [3.05, 3.63) is 59.5 Å². The van der Waals surface area contributed by atoms with Gasteiger partial charge in [0, 0.05) is 5.56 Å². The molecule has 0 unspecified atom stereocenters. The van der Waals surface area contributed by atoms with Crippen LogP contribution < -0.4 is 10.9 Å². The first-order chi connectivity index (χ1) is 8.66. The molecule has 0 aliphatic heterocycles. The highest BCUT2D eigenvalue weighted by Crippen LogP contribution is 2.02. The minimum absolute atomic E-state index is 0.346. The van der Waals surface area contributed by atoms with Crippen LogP contribution in [0.25, 0.3) is 0 Å². The summed E-state index contributed by atoms with van der Waals surface area (Å²) in [6, 6.07) is 8.54. The molecule has 1 aromatic carbocycles. The molecule has 0 saturated carbocycles. The van der Waals surface area contributed by atoms with E-state index >= 15 is 0 Å². The lowest BCUT2D eigenvalue weighted by atomic mass is 10.1. The van der Waals surface area contributed by atoms with Gasteiger partial charge in [0.2, 0.25) is 0 Å². The van der Waals surface area contributed by atoms with E-state index in [0.717, 1.165) is 5.56 Å². The number of hydrazine groups is 1. The first kappa shape index (κ1) is 11.9. The molecule has 18 heavy (non-hydrogen) atoms. The van der Waals surface area contributed by atoms with Gasteiger partial charge in [-0.1, -0.05) is 17.7 Å². The molecule has 0 aliphatic rings. The van der Waals surface area contributed by atoms with Gasteiger partial charge in [-0.05, 0) is 25.1 Å². The predicted molar refractivity (Wildman–Crippen MR) is 64.8 cm³/mol. The molecule has 2 rings (SSSR count). The van der Waals surface area contributed by atoms with E-state index in [-0.39, 0.29) is 5.91 Å². The lowest BCUT2D eigenvalue weighted by Gasteiger charge is -2.06. The summed E-state index contributed by atoms with van der Waals surface area (Å²) >= 11 is 0. The van der Waals surface area contributed by atoms with Gasteiger partial charge in [0.1, 0.15) is 6.26 Å². The topological polar surface area (TPSA) is 71.3 Å². The molecule has 0 atom stereocenters. The normalized spacial score (nSPS) is 9.83. The van der Waals surface area contributed by atoms with E-state index in [9.17, 15) is 9.59 Å². The number of hydrogen-bond acceptors (Lipinski definition) is 3. The van der Waals surface area contributed by atoms with E-state index in [4.69, 9.17) is 4.42 Å². The number of amides is 2. The van der Waals surface area contributed by atoms with Gasteiger partial charge < -0.3 is 4.42 Å². The van der Waals surface area contributed by atoms with Gasteiger partial charge in [-0.25, -0.2) is 0 Å². The van der Waals surface area contributed by atoms with Crippen LogP contribution in [0.15, 0.2) is 47.3 Å². The Morgan fingerprint density at radius 3 is 2.11 bits per heavy atom. The Bertz CT molecular complexity index is 544. The fourth-order valence-corrected chi connectivity index (χ4v) is 1.36. The Morgan fingerprint density at radius 1 is 0.944 bits per heavy atom. The number of carbonyl (C=O) groups is 2. The molecule has 2 N–H and O–H groups in total. The van der Waals surface area contributed by atoms with E-state index in [1.165, 1.54) is 18.6 Å². The minimum Gasteiger partial charge on any atom is -0.472 e. The zero-order chi connectivity index (χ0) is 13.0. The van der Waals surface area contributed by atoms with Gasteiger partial charge in [-0.2, -0.15) is 0 Å².